The highest BCUT2D eigenvalue weighted by molar-refractivity contribution is 7.90. The number of methoxy groups -OCH3 is 1. The molecule has 4 rings (SSSR count). The molecule has 154 valence electrons. The van der Waals surface area contributed by atoms with Gasteiger partial charge in [-0.1, -0.05) is 0 Å². The molecule has 0 saturated carbocycles. The van der Waals surface area contributed by atoms with Crippen molar-refractivity contribution in [3.63, 3.8) is 0 Å². The number of nitrogens with one attached hydrogen (secondary N) is 1. The first kappa shape index (κ1) is 19.6. The normalized spacial score (nSPS) is 14.2. The number of hydrogen-bond donors (Lipinski definition) is 1. The van der Waals surface area contributed by atoms with Crippen LogP contribution in [0.5, 0.6) is 5.75 Å². The van der Waals surface area contributed by atoms with Gasteiger partial charge in [-0.15, -0.1) is 0 Å². The number of amides is 1. The summed E-state index contributed by atoms with van der Waals surface area (Å²) in [6, 6.07) is 12.0. The maximum Gasteiger partial charge on any atom is 0.269 e. The third kappa shape index (κ3) is 3.62. The molecule has 2 aromatic carbocycles. The van der Waals surface area contributed by atoms with Gasteiger partial charge in [-0.2, -0.15) is 5.10 Å². The predicted octanol–water partition coefficient (Wildman–Crippen LogP) is 2.47. The number of nitro groups is 1. The van der Waals surface area contributed by atoms with Crippen LogP contribution in [0.4, 0.5) is 11.5 Å². The number of carbonyl (C=O) groups excluding carboxylic acids is 1. The van der Waals surface area contributed by atoms with Crippen LogP contribution in [0.25, 0.3) is 5.69 Å². The maximum atomic E-state index is 12.7. The Morgan fingerprint density at radius 1 is 1.13 bits per heavy atom. The van der Waals surface area contributed by atoms with Crippen LogP contribution in [0.1, 0.15) is 21.6 Å². The summed E-state index contributed by atoms with van der Waals surface area (Å²) in [7, 11) is -1.79. The van der Waals surface area contributed by atoms with Gasteiger partial charge in [0.25, 0.3) is 11.6 Å². The van der Waals surface area contributed by atoms with E-state index in [1.165, 1.54) is 36.1 Å². The Morgan fingerprint density at radius 3 is 2.40 bits per heavy atom. The molecular weight excluding hydrogens is 412 g/mol. The van der Waals surface area contributed by atoms with E-state index in [0.717, 1.165) is 0 Å². The number of rotatable bonds is 5. The van der Waals surface area contributed by atoms with Gasteiger partial charge < -0.3 is 10.1 Å². The van der Waals surface area contributed by atoms with Gasteiger partial charge in [0.1, 0.15) is 11.6 Å². The molecule has 0 aliphatic carbocycles. The molecule has 0 fully saturated rings. The summed E-state index contributed by atoms with van der Waals surface area (Å²) < 4.78 is 30.7. The molecule has 11 heteroatoms. The molecule has 0 unspecified atom stereocenters. The summed E-state index contributed by atoms with van der Waals surface area (Å²) in [4.78, 5) is 23.0. The first-order chi connectivity index (χ1) is 14.3. The summed E-state index contributed by atoms with van der Waals surface area (Å²) in [5, 5.41) is 17.9. The zero-order chi connectivity index (χ0) is 21.5. The lowest BCUT2D eigenvalue weighted by Gasteiger charge is -2.11. The zero-order valence-electron chi connectivity index (χ0n) is 15.7. The highest BCUT2D eigenvalue weighted by Crippen LogP contribution is 2.33. The van der Waals surface area contributed by atoms with E-state index in [4.69, 9.17) is 4.74 Å². The summed E-state index contributed by atoms with van der Waals surface area (Å²) in [6.07, 6.45) is 0. The lowest BCUT2D eigenvalue weighted by atomic mass is 10.2. The van der Waals surface area contributed by atoms with Crippen molar-refractivity contribution >= 4 is 27.2 Å². The zero-order valence-corrected chi connectivity index (χ0v) is 16.5. The molecule has 30 heavy (non-hydrogen) atoms. The van der Waals surface area contributed by atoms with Crippen molar-refractivity contribution in [2.24, 2.45) is 0 Å². The minimum atomic E-state index is -3.33. The smallest absolute Gasteiger partial charge is 0.269 e. The van der Waals surface area contributed by atoms with Crippen molar-refractivity contribution in [1.29, 1.82) is 0 Å². The second-order valence-electron chi connectivity index (χ2n) is 6.67. The second-order valence-corrected chi connectivity index (χ2v) is 8.74. The average Bonchev–Trinajstić information content (AvgIpc) is 3.20. The fourth-order valence-corrected chi connectivity index (χ4v) is 4.69. The monoisotopic (exact) mass is 428 g/mol. The van der Waals surface area contributed by atoms with Crippen LogP contribution in [0.3, 0.4) is 0 Å². The van der Waals surface area contributed by atoms with Gasteiger partial charge in [0.05, 0.1) is 34.9 Å². The molecule has 1 aromatic heterocycles. The van der Waals surface area contributed by atoms with Crippen molar-refractivity contribution < 1.29 is 22.9 Å². The van der Waals surface area contributed by atoms with E-state index < -0.39 is 20.7 Å². The van der Waals surface area contributed by atoms with Crippen molar-refractivity contribution in [2.75, 3.05) is 12.4 Å². The highest BCUT2D eigenvalue weighted by Gasteiger charge is 2.33. The van der Waals surface area contributed by atoms with Crippen LogP contribution in [0, 0.1) is 10.1 Å². The lowest BCUT2D eigenvalue weighted by molar-refractivity contribution is -0.384. The van der Waals surface area contributed by atoms with Crippen LogP contribution in [-0.2, 0) is 21.3 Å². The van der Waals surface area contributed by atoms with E-state index in [9.17, 15) is 23.3 Å². The molecule has 1 aliphatic heterocycles. The van der Waals surface area contributed by atoms with Crippen LogP contribution >= 0.6 is 0 Å². The third-order valence-corrected chi connectivity index (χ3v) is 6.12. The van der Waals surface area contributed by atoms with Gasteiger partial charge >= 0.3 is 0 Å². The Hall–Kier alpha value is -3.73. The Balaban J connectivity index is 1.72. The van der Waals surface area contributed by atoms with E-state index in [-0.39, 0.29) is 28.6 Å². The molecule has 1 amide bonds. The molecule has 1 N–H and O–H groups in total. The minimum Gasteiger partial charge on any atom is -0.497 e. The molecule has 0 atom stereocenters. The largest absolute Gasteiger partial charge is 0.497 e. The van der Waals surface area contributed by atoms with Crippen LogP contribution in [-0.4, -0.2) is 36.1 Å². The number of carbonyl (C=O) groups is 1. The van der Waals surface area contributed by atoms with Gasteiger partial charge in [0, 0.05) is 23.3 Å². The van der Waals surface area contributed by atoms with Gasteiger partial charge in [0.15, 0.2) is 9.84 Å². The number of sulfone groups is 1. The lowest BCUT2D eigenvalue weighted by Crippen LogP contribution is -2.17. The van der Waals surface area contributed by atoms with Crippen molar-refractivity contribution in [3.8, 4) is 11.4 Å². The molecule has 0 bridgehead atoms. The molecule has 1 aliphatic rings. The van der Waals surface area contributed by atoms with Crippen LogP contribution in [0.15, 0.2) is 48.5 Å². The number of hydrogen-bond acceptors (Lipinski definition) is 7. The molecular formula is C19H16N4O6S. The van der Waals surface area contributed by atoms with E-state index in [1.807, 2.05) is 0 Å². The molecule has 2 heterocycles. The molecule has 0 saturated heterocycles. The number of aromatic nitrogens is 2. The molecule has 3 aromatic rings. The number of nitrogens with zero attached hydrogens (tertiary/aromatic N) is 3. The fraction of sp³-hybridized carbons (Fsp3) is 0.158. The number of ether oxygens (including phenoxy) is 1. The van der Waals surface area contributed by atoms with Crippen molar-refractivity contribution in [1.82, 2.24) is 9.78 Å². The molecule has 0 spiro atoms. The van der Waals surface area contributed by atoms with E-state index in [0.29, 0.717) is 22.7 Å². The Bertz CT molecular complexity index is 1250. The van der Waals surface area contributed by atoms with Crippen LogP contribution < -0.4 is 10.1 Å². The van der Waals surface area contributed by atoms with Gasteiger partial charge in [-0.3, -0.25) is 14.9 Å². The first-order valence-electron chi connectivity index (χ1n) is 8.79. The SMILES string of the molecule is COc1ccc(-n2nc3c(c2NC(=O)c2ccc([N+](=O)[O-])cc2)CS(=O)(=O)C3)cc1. The standard InChI is InChI=1S/C19H16N4O6S/c1-29-15-8-6-13(7-9-15)22-18(16-10-30(27,28)11-17(16)21-22)20-19(24)12-2-4-14(5-3-12)23(25)26/h2-9H,10-11H2,1H3,(H,20,24). The second kappa shape index (κ2) is 7.26. The van der Waals surface area contributed by atoms with Crippen molar-refractivity contribution in [3.05, 3.63) is 75.5 Å². The van der Waals surface area contributed by atoms with E-state index in [1.54, 1.807) is 24.3 Å². The summed E-state index contributed by atoms with van der Waals surface area (Å²) in [5.41, 5.74) is 1.48. The molecule has 10 nitrogen and oxygen atoms in total. The number of benzene rings is 2. The maximum absolute atomic E-state index is 12.7. The van der Waals surface area contributed by atoms with Gasteiger partial charge in [-0.05, 0) is 36.4 Å². The Kier molecular flexibility index (Phi) is 4.74. The highest BCUT2D eigenvalue weighted by atomic mass is 32.2. The Labute approximate surface area is 171 Å². The Morgan fingerprint density at radius 2 is 1.80 bits per heavy atom. The van der Waals surface area contributed by atoms with Crippen LogP contribution in [0.2, 0.25) is 0 Å². The fourth-order valence-electron chi connectivity index (χ4n) is 3.20. The van der Waals surface area contributed by atoms with E-state index in [2.05, 4.69) is 10.4 Å². The van der Waals surface area contributed by atoms with Gasteiger partial charge in [-0.25, -0.2) is 13.1 Å². The van der Waals surface area contributed by atoms with Crippen molar-refractivity contribution in [2.45, 2.75) is 11.5 Å². The predicted molar refractivity (Wildman–Crippen MR) is 107 cm³/mol. The summed E-state index contributed by atoms with van der Waals surface area (Å²) >= 11 is 0. The third-order valence-electron chi connectivity index (χ3n) is 4.68. The quantitative estimate of drug-likeness (QED) is 0.487. The summed E-state index contributed by atoms with van der Waals surface area (Å²) in [5.74, 6) is -0.0796. The first-order valence-corrected chi connectivity index (χ1v) is 10.6. The molecule has 0 radical (unpaired) electrons. The number of non-ortho nitro benzene ring substituents is 1. The number of anilines is 1. The average molecular weight is 428 g/mol. The topological polar surface area (TPSA) is 133 Å². The summed E-state index contributed by atoms with van der Waals surface area (Å²) in [6.45, 7) is 0. The number of fused-ring (bicyclic) bond motifs is 1. The minimum absolute atomic E-state index is 0.137. The van der Waals surface area contributed by atoms with Gasteiger partial charge in [0.2, 0.25) is 0 Å². The number of nitro benzene ring substituents is 1. The van der Waals surface area contributed by atoms with E-state index >= 15 is 0 Å².